The molecule has 1 aromatic rings. The first-order valence-corrected chi connectivity index (χ1v) is 7.46. The first-order valence-electron chi connectivity index (χ1n) is 6.02. The number of para-hydroxylation sites is 1. The molecule has 0 aliphatic heterocycles. The fraction of sp³-hybridized carbons (Fsp3) is 0.417. The zero-order valence-electron chi connectivity index (χ0n) is 10.9. The molecule has 0 aromatic heterocycles. The lowest BCUT2D eigenvalue weighted by Gasteiger charge is -2.21. The number of nitrogen functional groups attached to an aromatic ring is 1. The number of hydrogen-bond donors (Lipinski definition) is 2. The van der Waals surface area contributed by atoms with Gasteiger partial charge in [0.05, 0.1) is 12.2 Å². The van der Waals surface area contributed by atoms with Crippen LogP contribution >= 0.6 is 0 Å². The van der Waals surface area contributed by atoms with Gasteiger partial charge in [-0.15, -0.1) is 0 Å². The van der Waals surface area contributed by atoms with E-state index in [0.717, 1.165) is 10.7 Å². The zero-order chi connectivity index (χ0) is 14.5. The summed E-state index contributed by atoms with van der Waals surface area (Å²) in [7, 11) is -3.79. The highest BCUT2D eigenvalue weighted by Crippen LogP contribution is 2.22. The molecule has 0 spiro atoms. The van der Waals surface area contributed by atoms with E-state index in [1.165, 1.54) is 12.1 Å². The minimum Gasteiger partial charge on any atom is -0.398 e. The van der Waals surface area contributed by atoms with Gasteiger partial charge in [-0.2, -0.15) is 4.31 Å². The number of unbranched alkanes of at least 4 members (excludes halogenated alkanes) is 1. The summed E-state index contributed by atoms with van der Waals surface area (Å²) in [6, 6.07) is 6.17. The van der Waals surface area contributed by atoms with Crippen molar-refractivity contribution >= 4 is 21.6 Å². The molecule has 0 saturated heterocycles. The van der Waals surface area contributed by atoms with Crippen LogP contribution in [0.25, 0.3) is 0 Å². The lowest BCUT2D eigenvalue weighted by atomic mass is 10.3. The second kappa shape index (κ2) is 6.53. The van der Waals surface area contributed by atoms with Crippen molar-refractivity contribution in [1.29, 1.82) is 0 Å². The number of rotatable bonds is 7. The van der Waals surface area contributed by atoms with Crippen LogP contribution in [0.4, 0.5) is 5.69 Å². The fourth-order valence-electron chi connectivity index (χ4n) is 1.65. The van der Waals surface area contributed by atoms with Crippen LogP contribution < -0.4 is 11.5 Å². The Morgan fingerprint density at radius 1 is 1.32 bits per heavy atom. The summed E-state index contributed by atoms with van der Waals surface area (Å²) in [4.78, 5) is 11.0. The van der Waals surface area contributed by atoms with E-state index in [1.807, 2.05) is 6.92 Å². The van der Waals surface area contributed by atoms with E-state index in [0.29, 0.717) is 6.42 Å². The zero-order valence-corrected chi connectivity index (χ0v) is 11.7. The predicted molar refractivity (Wildman–Crippen MR) is 73.7 cm³/mol. The Morgan fingerprint density at radius 3 is 2.47 bits per heavy atom. The molecule has 19 heavy (non-hydrogen) atoms. The van der Waals surface area contributed by atoms with Crippen LogP contribution in [0.1, 0.15) is 19.8 Å². The molecule has 1 amide bonds. The van der Waals surface area contributed by atoms with Gasteiger partial charge in [-0.05, 0) is 18.6 Å². The van der Waals surface area contributed by atoms with E-state index in [-0.39, 0.29) is 23.7 Å². The Labute approximate surface area is 113 Å². The second-order valence-electron chi connectivity index (χ2n) is 4.20. The summed E-state index contributed by atoms with van der Waals surface area (Å²) in [5.41, 5.74) is 10.9. The van der Waals surface area contributed by atoms with Gasteiger partial charge in [-0.3, -0.25) is 4.79 Å². The molecule has 0 fully saturated rings. The highest BCUT2D eigenvalue weighted by molar-refractivity contribution is 7.89. The maximum atomic E-state index is 12.4. The molecular weight excluding hydrogens is 266 g/mol. The van der Waals surface area contributed by atoms with Crippen LogP contribution in [-0.4, -0.2) is 31.7 Å². The molecule has 6 nitrogen and oxygen atoms in total. The van der Waals surface area contributed by atoms with Gasteiger partial charge < -0.3 is 11.5 Å². The van der Waals surface area contributed by atoms with E-state index in [9.17, 15) is 13.2 Å². The summed E-state index contributed by atoms with van der Waals surface area (Å²) < 4.78 is 25.9. The summed E-state index contributed by atoms with van der Waals surface area (Å²) in [6.07, 6.45) is 1.47. The van der Waals surface area contributed by atoms with E-state index < -0.39 is 15.9 Å². The third kappa shape index (κ3) is 3.93. The summed E-state index contributed by atoms with van der Waals surface area (Å²) in [5, 5.41) is 0. The number of amides is 1. The normalized spacial score (nSPS) is 11.7. The maximum absolute atomic E-state index is 12.4. The largest absolute Gasteiger partial charge is 0.398 e. The molecule has 0 aliphatic rings. The molecule has 1 aromatic carbocycles. The molecular formula is C12H19N3O3S. The molecule has 106 valence electrons. The lowest BCUT2D eigenvalue weighted by Crippen LogP contribution is -2.39. The van der Waals surface area contributed by atoms with Gasteiger partial charge in [0.25, 0.3) is 0 Å². The third-order valence-corrected chi connectivity index (χ3v) is 4.55. The van der Waals surface area contributed by atoms with Crippen molar-refractivity contribution in [2.45, 2.75) is 24.7 Å². The minimum atomic E-state index is -3.79. The van der Waals surface area contributed by atoms with Gasteiger partial charge in [-0.25, -0.2) is 8.42 Å². The summed E-state index contributed by atoms with van der Waals surface area (Å²) in [6.45, 7) is 1.85. The number of carbonyl (C=O) groups excluding carboxylic acids is 1. The number of hydrogen-bond acceptors (Lipinski definition) is 4. The van der Waals surface area contributed by atoms with Crippen LogP contribution in [0.15, 0.2) is 29.2 Å². The van der Waals surface area contributed by atoms with E-state index in [4.69, 9.17) is 11.5 Å². The fourth-order valence-corrected chi connectivity index (χ4v) is 3.21. The molecule has 0 unspecified atom stereocenters. The van der Waals surface area contributed by atoms with Crippen molar-refractivity contribution in [1.82, 2.24) is 4.31 Å². The molecule has 0 saturated carbocycles. The number of nitrogens with two attached hydrogens (primary N) is 2. The highest BCUT2D eigenvalue weighted by Gasteiger charge is 2.26. The minimum absolute atomic E-state index is 0.00681. The lowest BCUT2D eigenvalue weighted by molar-refractivity contribution is -0.118. The van der Waals surface area contributed by atoms with E-state index in [1.54, 1.807) is 12.1 Å². The van der Waals surface area contributed by atoms with Gasteiger partial charge >= 0.3 is 0 Å². The highest BCUT2D eigenvalue weighted by atomic mass is 32.2. The average Bonchev–Trinajstić information content (AvgIpc) is 2.34. The van der Waals surface area contributed by atoms with E-state index >= 15 is 0 Å². The SMILES string of the molecule is CCCCN(CC(N)=O)S(=O)(=O)c1ccccc1N. The molecule has 7 heteroatoms. The molecule has 0 aliphatic carbocycles. The third-order valence-electron chi connectivity index (χ3n) is 2.63. The summed E-state index contributed by atoms with van der Waals surface area (Å²) in [5.74, 6) is -0.686. The number of nitrogens with zero attached hydrogens (tertiary/aromatic N) is 1. The van der Waals surface area contributed by atoms with Crippen LogP contribution in [0, 0.1) is 0 Å². The molecule has 0 radical (unpaired) electrons. The number of carbonyl (C=O) groups is 1. The number of benzene rings is 1. The molecule has 0 atom stereocenters. The Morgan fingerprint density at radius 2 is 1.95 bits per heavy atom. The Bertz CT molecular complexity index is 543. The van der Waals surface area contributed by atoms with Gasteiger partial charge in [0.15, 0.2) is 0 Å². The monoisotopic (exact) mass is 285 g/mol. The summed E-state index contributed by atoms with van der Waals surface area (Å²) >= 11 is 0. The van der Waals surface area contributed by atoms with Crippen molar-refractivity contribution in [3.63, 3.8) is 0 Å². The maximum Gasteiger partial charge on any atom is 0.245 e. The van der Waals surface area contributed by atoms with Gasteiger partial charge in [0, 0.05) is 6.54 Å². The molecule has 0 bridgehead atoms. The van der Waals surface area contributed by atoms with Crippen molar-refractivity contribution in [2.24, 2.45) is 5.73 Å². The standard InChI is InChI=1S/C12H19N3O3S/c1-2-3-8-15(9-12(14)16)19(17,18)11-7-5-4-6-10(11)13/h4-7H,2-3,8-9,13H2,1H3,(H2,14,16). The van der Waals surface area contributed by atoms with Crippen molar-refractivity contribution < 1.29 is 13.2 Å². The molecule has 0 heterocycles. The van der Waals surface area contributed by atoms with Crippen LogP contribution in [-0.2, 0) is 14.8 Å². The van der Waals surface area contributed by atoms with Gasteiger partial charge in [0.2, 0.25) is 15.9 Å². The number of primary amides is 1. The van der Waals surface area contributed by atoms with Crippen molar-refractivity contribution in [3.8, 4) is 0 Å². The topological polar surface area (TPSA) is 106 Å². The van der Waals surface area contributed by atoms with Gasteiger partial charge in [-0.1, -0.05) is 25.5 Å². The van der Waals surface area contributed by atoms with Crippen molar-refractivity contribution in [3.05, 3.63) is 24.3 Å². The average molecular weight is 285 g/mol. The van der Waals surface area contributed by atoms with Crippen LogP contribution in [0.2, 0.25) is 0 Å². The first kappa shape index (κ1) is 15.5. The Hall–Kier alpha value is -1.60. The molecule has 4 N–H and O–H groups in total. The Kier molecular flexibility index (Phi) is 5.31. The predicted octanol–water partition coefficient (Wildman–Crippen LogP) is 0.545. The first-order chi connectivity index (χ1) is 8.89. The quantitative estimate of drug-likeness (QED) is 0.713. The van der Waals surface area contributed by atoms with E-state index in [2.05, 4.69) is 0 Å². The van der Waals surface area contributed by atoms with Crippen LogP contribution in [0.5, 0.6) is 0 Å². The Balaban J connectivity index is 3.12. The van der Waals surface area contributed by atoms with Gasteiger partial charge in [0.1, 0.15) is 4.90 Å². The smallest absolute Gasteiger partial charge is 0.245 e. The van der Waals surface area contributed by atoms with Crippen molar-refractivity contribution in [2.75, 3.05) is 18.8 Å². The molecule has 1 rings (SSSR count). The van der Waals surface area contributed by atoms with Crippen LogP contribution in [0.3, 0.4) is 0 Å². The second-order valence-corrected chi connectivity index (χ2v) is 6.10. The number of sulfonamides is 1. The number of anilines is 1.